The summed E-state index contributed by atoms with van der Waals surface area (Å²) in [4.78, 5) is 10.7. The predicted molar refractivity (Wildman–Crippen MR) is 64.7 cm³/mol. The number of carbonyl (C=O) groups excluding carboxylic acids is 1. The van der Waals surface area contributed by atoms with Crippen LogP contribution in [0.1, 0.15) is 20.3 Å². The molecule has 0 radical (unpaired) electrons. The molecule has 0 heterocycles. The van der Waals surface area contributed by atoms with Crippen molar-refractivity contribution in [2.45, 2.75) is 32.4 Å². The van der Waals surface area contributed by atoms with Gasteiger partial charge in [-0.25, -0.2) is 4.79 Å². The zero-order chi connectivity index (χ0) is 11.5. The highest BCUT2D eigenvalue weighted by Crippen LogP contribution is 2.04. The normalized spacial score (nSPS) is 12.1. The van der Waals surface area contributed by atoms with E-state index in [0.29, 0.717) is 6.61 Å². The largest absolute Gasteiger partial charge is 0.463 e. The third kappa shape index (κ3) is 8.39. The van der Waals surface area contributed by atoms with E-state index in [0.717, 1.165) is 19.3 Å². The summed E-state index contributed by atoms with van der Waals surface area (Å²) < 4.78 is 10.3. The zero-order valence-corrected chi connectivity index (χ0v) is 11.0. The minimum absolute atomic E-state index is 0.325. The van der Waals surface area contributed by atoms with Crippen LogP contribution >= 0.6 is 0 Å². The average molecular weight is 230 g/mol. The van der Waals surface area contributed by atoms with Crippen LogP contribution in [0.25, 0.3) is 0 Å². The molecule has 0 saturated carbocycles. The Bertz CT molecular complexity index is 183. The SMILES string of the molecule is C=CC(=O)OCCC[SiH](CC)COCC. The summed E-state index contributed by atoms with van der Waals surface area (Å²) in [5.41, 5.74) is 0. The van der Waals surface area contributed by atoms with Crippen LogP contribution in [-0.4, -0.2) is 34.2 Å². The standard InChI is InChI=1S/C11H22O3Si/c1-4-11(12)14-8-7-9-15(6-3)10-13-5-2/h4,15H,1,5-10H2,2-3H3. The molecule has 0 aromatic carbocycles. The van der Waals surface area contributed by atoms with Crippen molar-refractivity contribution in [2.75, 3.05) is 19.4 Å². The van der Waals surface area contributed by atoms with E-state index < -0.39 is 8.80 Å². The molecule has 88 valence electrons. The van der Waals surface area contributed by atoms with Crippen LogP contribution in [0.2, 0.25) is 12.1 Å². The van der Waals surface area contributed by atoms with Gasteiger partial charge in [-0.1, -0.05) is 25.6 Å². The quantitative estimate of drug-likeness (QED) is 0.263. The maximum absolute atomic E-state index is 10.7. The molecule has 0 spiro atoms. The maximum atomic E-state index is 10.7. The molecule has 3 nitrogen and oxygen atoms in total. The van der Waals surface area contributed by atoms with Crippen molar-refractivity contribution in [2.24, 2.45) is 0 Å². The second-order valence-corrected chi connectivity index (χ2v) is 6.91. The molecule has 0 aliphatic carbocycles. The highest BCUT2D eigenvalue weighted by Gasteiger charge is 2.08. The lowest BCUT2D eigenvalue weighted by atomic mass is 10.5. The molecule has 0 bridgehead atoms. The minimum atomic E-state index is -0.742. The van der Waals surface area contributed by atoms with E-state index in [9.17, 15) is 4.79 Å². The van der Waals surface area contributed by atoms with Crippen molar-refractivity contribution in [3.63, 3.8) is 0 Å². The average Bonchev–Trinajstić information content (AvgIpc) is 2.27. The Morgan fingerprint density at radius 1 is 1.47 bits per heavy atom. The molecule has 0 fully saturated rings. The number of rotatable bonds is 9. The van der Waals surface area contributed by atoms with E-state index in [1.165, 1.54) is 18.2 Å². The molecule has 0 N–H and O–H groups in total. The lowest BCUT2D eigenvalue weighted by molar-refractivity contribution is -0.137. The molecular weight excluding hydrogens is 208 g/mol. The Kier molecular flexibility index (Phi) is 9.52. The Labute approximate surface area is 94.1 Å². The van der Waals surface area contributed by atoms with Gasteiger partial charge in [-0.2, -0.15) is 0 Å². The van der Waals surface area contributed by atoms with E-state index in [4.69, 9.17) is 9.47 Å². The van der Waals surface area contributed by atoms with Gasteiger partial charge < -0.3 is 9.47 Å². The molecule has 0 saturated heterocycles. The molecule has 15 heavy (non-hydrogen) atoms. The molecular formula is C11H22O3Si. The summed E-state index contributed by atoms with van der Waals surface area (Å²) in [6.07, 6.45) is 3.11. The van der Waals surface area contributed by atoms with Gasteiger partial charge >= 0.3 is 5.97 Å². The smallest absolute Gasteiger partial charge is 0.330 e. The van der Waals surface area contributed by atoms with Gasteiger partial charge in [-0.15, -0.1) is 0 Å². The fourth-order valence-corrected chi connectivity index (χ4v) is 3.42. The van der Waals surface area contributed by atoms with Gasteiger partial charge in [0, 0.05) is 18.9 Å². The van der Waals surface area contributed by atoms with Gasteiger partial charge in [0.1, 0.15) is 0 Å². The van der Waals surface area contributed by atoms with Crippen LogP contribution < -0.4 is 0 Å². The number of carbonyl (C=O) groups is 1. The summed E-state index contributed by atoms with van der Waals surface area (Å²) in [5, 5.41) is 0. The van der Waals surface area contributed by atoms with Crippen molar-refractivity contribution >= 4 is 14.8 Å². The molecule has 0 aliphatic heterocycles. The first-order valence-electron chi connectivity index (χ1n) is 5.61. The van der Waals surface area contributed by atoms with Crippen LogP contribution in [0, 0.1) is 0 Å². The number of esters is 1. The summed E-state index contributed by atoms with van der Waals surface area (Å²) in [6.45, 7) is 8.89. The van der Waals surface area contributed by atoms with Crippen molar-refractivity contribution in [1.29, 1.82) is 0 Å². The Balaban J connectivity index is 3.45. The fourth-order valence-electron chi connectivity index (χ4n) is 1.29. The molecule has 0 aromatic rings. The molecule has 0 aliphatic rings. The van der Waals surface area contributed by atoms with Crippen molar-refractivity contribution in [3.05, 3.63) is 12.7 Å². The van der Waals surface area contributed by atoms with Crippen LogP contribution in [-0.2, 0) is 14.3 Å². The van der Waals surface area contributed by atoms with Gasteiger partial charge in [0.2, 0.25) is 0 Å². The minimum Gasteiger partial charge on any atom is -0.463 e. The first-order valence-corrected chi connectivity index (χ1v) is 8.06. The van der Waals surface area contributed by atoms with Gasteiger partial charge in [0.25, 0.3) is 0 Å². The van der Waals surface area contributed by atoms with E-state index in [1.807, 2.05) is 6.92 Å². The van der Waals surface area contributed by atoms with Gasteiger partial charge in [0.05, 0.1) is 15.4 Å². The monoisotopic (exact) mass is 230 g/mol. The van der Waals surface area contributed by atoms with E-state index >= 15 is 0 Å². The van der Waals surface area contributed by atoms with Crippen molar-refractivity contribution in [1.82, 2.24) is 0 Å². The summed E-state index contributed by atoms with van der Waals surface area (Å²) in [7, 11) is -0.742. The lowest BCUT2D eigenvalue weighted by Crippen LogP contribution is -2.20. The number of hydrogen-bond donors (Lipinski definition) is 0. The maximum Gasteiger partial charge on any atom is 0.330 e. The number of hydrogen-bond acceptors (Lipinski definition) is 3. The third-order valence-corrected chi connectivity index (χ3v) is 5.39. The van der Waals surface area contributed by atoms with Crippen molar-refractivity contribution < 1.29 is 14.3 Å². The Morgan fingerprint density at radius 2 is 2.20 bits per heavy atom. The van der Waals surface area contributed by atoms with Gasteiger partial charge in [-0.05, 0) is 13.3 Å². The molecule has 1 unspecified atom stereocenters. The van der Waals surface area contributed by atoms with Gasteiger partial charge in [0.15, 0.2) is 0 Å². The first kappa shape index (κ1) is 14.4. The fraction of sp³-hybridized carbons (Fsp3) is 0.727. The third-order valence-electron chi connectivity index (χ3n) is 2.30. The molecule has 4 heteroatoms. The first-order chi connectivity index (χ1) is 7.24. The van der Waals surface area contributed by atoms with Crippen molar-refractivity contribution in [3.8, 4) is 0 Å². The molecule has 0 rings (SSSR count). The Morgan fingerprint density at radius 3 is 2.73 bits per heavy atom. The predicted octanol–water partition coefficient (Wildman–Crippen LogP) is 1.93. The van der Waals surface area contributed by atoms with Crippen LogP contribution in [0.15, 0.2) is 12.7 Å². The second kappa shape index (κ2) is 9.92. The second-order valence-electron chi connectivity index (χ2n) is 3.45. The Hall–Kier alpha value is -0.613. The molecule has 0 aromatic heterocycles. The summed E-state index contributed by atoms with van der Waals surface area (Å²) >= 11 is 0. The zero-order valence-electron chi connectivity index (χ0n) is 9.83. The number of ether oxygens (including phenoxy) is 2. The topological polar surface area (TPSA) is 35.5 Å². The lowest BCUT2D eigenvalue weighted by Gasteiger charge is -2.12. The highest BCUT2D eigenvalue weighted by molar-refractivity contribution is 6.58. The van der Waals surface area contributed by atoms with Crippen LogP contribution in [0.5, 0.6) is 0 Å². The summed E-state index contributed by atoms with van der Waals surface area (Å²) in [5.74, 6) is -0.325. The van der Waals surface area contributed by atoms with E-state index in [2.05, 4.69) is 13.5 Å². The van der Waals surface area contributed by atoms with Gasteiger partial charge in [-0.3, -0.25) is 0 Å². The molecule has 0 amide bonds. The summed E-state index contributed by atoms with van der Waals surface area (Å²) in [6, 6.07) is 2.43. The molecule has 1 atom stereocenters. The van der Waals surface area contributed by atoms with E-state index in [1.54, 1.807) is 0 Å². The van der Waals surface area contributed by atoms with E-state index in [-0.39, 0.29) is 5.97 Å². The highest BCUT2D eigenvalue weighted by atomic mass is 28.3. The van der Waals surface area contributed by atoms with Crippen LogP contribution in [0.4, 0.5) is 0 Å². The van der Waals surface area contributed by atoms with Crippen LogP contribution in [0.3, 0.4) is 0 Å².